The van der Waals surface area contributed by atoms with Gasteiger partial charge in [-0.1, -0.05) is 159 Å². The molecule has 8 N–H and O–H groups in total. The number of carbonyl (C=O) groups is 2. The number of aliphatic hydroxyl groups is 1. The first-order chi connectivity index (χ1) is 36.7. The molecule has 1 aliphatic rings. The Labute approximate surface area is 466 Å². The molecule has 2 amide bonds. The minimum Gasteiger partial charge on any atom is -0.513 e. The summed E-state index contributed by atoms with van der Waals surface area (Å²) in [6, 6.07) is 21.6. The van der Waals surface area contributed by atoms with Crippen LogP contribution in [-0.2, 0) is 16.1 Å². The number of rotatable bonds is 30. The Morgan fingerprint density at radius 2 is 1.28 bits per heavy atom. The van der Waals surface area contributed by atoms with Crippen molar-refractivity contribution in [3.63, 3.8) is 0 Å². The standard InChI is InChI=1S/C65H91N9O4/c1-37(2)33-55(69-46(14)47(15)71-64(77)56(34-38(3)4)70-45(13)44(12)68-48(16)59-58(43(11)66)57(39(5)6)60(59)50(18)75)63(76)67-31-22-32-73(49(17)52-28-25-41(9)26-29-52)61(40(7)8)62-72-54-35-42(10)27-30-53(54)65(78)74(62)36-51-23-20-19-21-24-51/h19-21,23-30,35,37-38,40,44,47,55-61,68-70,75H,5,11,13-14,16-18,22,31-34,36,66H2,1-4,6-10,12,15H3,(H,67,76)(H,71,77). The predicted molar refractivity (Wildman–Crippen MR) is 323 cm³/mol. The topological polar surface area (TPSA) is 179 Å². The summed E-state index contributed by atoms with van der Waals surface area (Å²) in [5.74, 6) is -0.243. The first-order valence-electron chi connectivity index (χ1n) is 27.7. The van der Waals surface area contributed by atoms with Crippen LogP contribution in [0.25, 0.3) is 16.6 Å². The number of fused-ring (bicyclic) bond motifs is 1. The first-order valence-corrected chi connectivity index (χ1v) is 27.7. The lowest BCUT2D eigenvalue weighted by Gasteiger charge is -2.53. The molecule has 0 saturated heterocycles. The second-order valence-corrected chi connectivity index (χ2v) is 23.0. The van der Waals surface area contributed by atoms with Gasteiger partial charge in [-0.3, -0.25) is 19.0 Å². The fourth-order valence-electron chi connectivity index (χ4n) is 10.9. The third-order valence-corrected chi connectivity index (χ3v) is 15.1. The number of aryl methyl sites for hydroxylation is 2. The van der Waals surface area contributed by atoms with Gasteiger partial charge in [0, 0.05) is 59.3 Å². The van der Waals surface area contributed by atoms with E-state index in [-0.39, 0.29) is 76.6 Å². The van der Waals surface area contributed by atoms with E-state index >= 15 is 0 Å². The number of carbonyl (C=O) groups excluding carboxylic acids is 2. The number of nitrogens with two attached hydrogens (primary N) is 1. The SMILES string of the molecule is C=C(NC(CC(C)C)C(=O)NC(C)C(=C)NC(CC(C)C)C(=O)NCCCN(C(=C)c1ccc(C)cc1)C(c1nc2cc(C)ccc2c(=O)n1Cc1ccccc1)C(C)C)C(C)NC(=C)C1C(C(=C)N)C(C(=C)C)C1C(=C)O. The van der Waals surface area contributed by atoms with Crippen LogP contribution in [0.3, 0.4) is 0 Å². The normalized spacial score (nSPS) is 17.9. The van der Waals surface area contributed by atoms with Crippen molar-refractivity contribution < 1.29 is 14.7 Å². The van der Waals surface area contributed by atoms with Crippen molar-refractivity contribution in [2.45, 2.75) is 132 Å². The van der Waals surface area contributed by atoms with E-state index in [9.17, 15) is 19.5 Å². The van der Waals surface area contributed by atoms with Crippen LogP contribution in [0.1, 0.15) is 116 Å². The Kier molecular flexibility index (Phi) is 21.6. The van der Waals surface area contributed by atoms with Crippen molar-refractivity contribution in [2.24, 2.45) is 47.2 Å². The van der Waals surface area contributed by atoms with Gasteiger partial charge >= 0.3 is 0 Å². The molecule has 13 nitrogen and oxygen atoms in total. The third-order valence-electron chi connectivity index (χ3n) is 15.1. The van der Waals surface area contributed by atoms with Crippen LogP contribution in [0.4, 0.5) is 0 Å². The molecule has 3 aromatic carbocycles. The van der Waals surface area contributed by atoms with Gasteiger partial charge in [0.2, 0.25) is 11.8 Å². The van der Waals surface area contributed by atoms with E-state index in [1.54, 1.807) is 0 Å². The summed E-state index contributed by atoms with van der Waals surface area (Å²) in [6.07, 6.45) is 1.61. The Morgan fingerprint density at radius 1 is 0.718 bits per heavy atom. The van der Waals surface area contributed by atoms with E-state index in [1.165, 1.54) is 0 Å². The van der Waals surface area contributed by atoms with E-state index in [1.807, 2.05) is 80.8 Å². The highest BCUT2D eigenvalue weighted by atomic mass is 16.3. The number of aliphatic hydroxyl groups excluding tert-OH is 1. The predicted octanol–water partition coefficient (Wildman–Crippen LogP) is 10.9. The highest BCUT2D eigenvalue weighted by Gasteiger charge is 2.54. The summed E-state index contributed by atoms with van der Waals surface area (Å²) >= 11 is 0. The fraction of sp³-hybridized carbons (Fsp3) is 0.446. The molecule has 0 radical (unpaired) electrons. The van der Waals surface area contributed by atoms with Crippen LogP contribution in [-0.4, -0.2) is 68.6 Å². The molecule has 1 aromatic heterocycles. The molecule has 420 valence electrons. The van der Waals surface area contributed by atoms with E-state index in [2.05, 4.69) is 150 Å². The van der Waals surface area contributed by atoms with Crippen LogP contribution in [0, 0.1) is 55.3 Å². The molecule has 5 rings (SSSR count). The molecule has 4 aromatic rings. The van der Waals surface area contributed by atoms with Gasteiger partial charge in [0.1, 0.15) is 17.9 Å². The molecular formula is C65H91N9O4. The second-order valence-electron chi connectivity index (χ2n) is 23.0. The zero-order valence-electron chi connectivity index (χ0n) is 48.6. The van der Waals surface area contributed by atoms with Crippen molar-refractivity contribution >= 4 is 28.4 Å². The van der Waals surface area contributed by atoms with Gasteiger partial charge in [0.15, 0.2) is 0 Å². The van der Waals surface area contributed by atoms with E-state index in [4.69, 9.17) is 10.7 Å². The zero-order chi connectivity index (χ0) is 57.9. The van der Waals surface area contributed by atoms with E-state index in [0.29, 0.717) is 78.4 Å². The van der Waals surface area contributed by atoms with Crippen molar-refractivity contribution in [2.75, 3.05) is 13.1 Å². The molecule has 1 fully saturated rings. The Bertz CT molecular complexity index is 2880. The molecule has 1 saturated carbocycles. The minimum atomic E-state index is -0.632. The van der Waals surface area contributed by atoms with E-state index < -0.39 is 18.1 Å². The van der Waals surface area contributed by atoms with Crippen molar-refractivity contribution in [3.8, 4) is 0 Å². The molecular weight excluding hydrogens is 971 g/mol. The maximum atomic E-state index is 14.6. The minimum absolute atomic E-state index is 0.00551. The smallest absolute Gasteiger partial charge is 0.261 e. The summed E-state index contributed by atoms with van der Waals surface area (Å²) in [7, 11) is 0. The summed E-state index contributed by atoms with van der Waals surface area (Å²) in [4.78, 5) is 50.5. The molecule has 0 spiro atoms. The first kappa shape index (κ1) is 61.6. The Hall–Kier alpha value is -7.28. The number of nitrogens with one attached hydrogen (secondary N) is 5. The number of nitrogens with zero attached hydrogens (tertiary/aromatic N) is 3. The van der Waals surface area contributed by atoms with Crippen LogP contribution < -0.4 is 37.9 Å². The Balaban J connectivity index is 1.29. The number of hydrogen-bond acceptors (Lipinski definition) is 10. The largest absolute Gasteiger partial charge is 0.513 e. The summed E-state index contributed by atoms with van der Waals surface area (Å²) in [6.45, 7) is 53.1. The number of hydrogen-bond donors (Lipinski definition) is 7. The van der Waals surface area contributed by atoms with Crippen molar-refractivity contribution in [1.82, 2.24) is 41.0 Å². The van der Waals surface area contributed by atoms with Gasteiger partial charge in [-0.2, -0.15) is 0 Å². The lowest BCUT2D eigenvalue weighted by molar-refractivity contribution is -0.123. The van der Waals surface area contributed by atoms with Gasteiger partial charge < -0.3 is 42.3 Å². The fourth-order valence-corrected chi connectivity index (χ4v) is 10.9. The summed E-state index contributed by atoms with van der Waals surface area (Å²) in [5.41, 5.74) is 14.8. The van der Waals surface area contributed by atoms with Crippen LogP contribution >= 0.6 is 0 Å². The number of aromatic nitrogens is 2. The van der Waals surface area contributed by atoms with Gasteiger partial charge in [-0.25, -0.2) is 4.98 Å². The van der Waals surface area contributed by atoms with Crippen molar-refractivity contribution in [3.05, 3.63) is 191 Å². The van der Waals surface area contributed by atoms with Gasteiger partial charge in [-0.15, -0.1) is 0 Å². The second kappa shape index (κ2) is 27.3. The van der Waals surface area contributed by atoms with Crippen LogP contribution in [0.5, 0.6) is 0 Å². The van der Waals surface area contributed by atoms with E-state index in [0.717, 1.165) is 33.5 Å². The lowest BCUT2D eigenvalue weighted by Crippen LogP contribution is -2.54. The van der Waals surface area contributed by atoms with Gasteiger partial charge in [0.25, 0.3) is 5.56 Å². The average Bonchev–Trinajstić information content (AvgIpc) is 3.35. The highest BCUT2D eigenvalue weighted by Crippen LogP contribution is 2.56. The van der Waals surface area contributed by atoms with Gasteiger partial charge in [0.05, 0.1) is 41.3 Å². The molecule has 1 aliphatic carbocycles. The molecule has 0 bridgehead atoms. The van der Waals surface area contributed by atoms with Crippen LogP contribution in [0.15, 0.2) is 158 Å². The molecule has 78 heavy (non-hydrogen) atoms. The zero-order valence-corrected chi connectivity index (χ0v) is 48.6. The quantitative estimate of drug-likeness (QED) is 0.0151. The number of benzene rings is 3. The number of amides is 2. The maximum absolute atomic E-state index is 14.6. The molecule has 9 atom stereocenters. The lowest BCUT2D eigenvalue weighted by atomic mass is 9.52. The summed E-state index contributed by atoms with van der Waals surface area (Å²) in [5, 5.41) is 27.7. The molecule has 9 unspecified atom stereocenters. The third kappa shape index (κ3) is 15.5. The van der Waals surface area contributed by atoms with Gasteiger partial charge in [-0.05, 0) is 106 Å². The summed E-state index contributed by atoms with van der Waals surface area (Å²) < 4.78 is 1.82. The average molecular weight is 1060 g/mol. The molecule has 0 aliphatic heterocycles. The maximum Gasteiger partial charge on any atom is 0.261 e. The highest BCUT2D eigenvalue weighted by molar-refractivity contribution is 5.83. The number of allylic oxidation sites excluding steroid dienone is 4. The van der Waals surface area contributed by atoms with Crippen LogP contribution in [0.2, 0.25) is 0 Å². The van der Waals surface area contributed by atoms with Crippen molar-refractivity contribution in [1.29, 1.82) is 0 Å². The Morgan fingerprint density at radius 3 is 1.82 bits per heavy atom. The molecule has 1 heterocycles. The molecule has 13 heteroatoms. The monoisotopic (exact) mass is 1060 g/mol.